The Labute approximate surface area is 173 Å². The first-order valence-electron chi connectivity index (χ1n) is 10.3. The Morgan fingerprint density at radius 2 is 1.52 bits per heavy atom. The fourth-order valence-electron chi connectivity index (χ4n) is 2.74. The van der Waals surface area contributed by atoms with Gasteiger partial charge in [-0.3, -0.25) is 9.59 Å². The van der Waals surface area contributed by atoms with Gasteiger partial charge in [0.25, 0.3) is 0 Å². The van der Waals surface area contributed by atoms with Crippen molar-refractivity contribution < 1.29 is 14.3 Å². The highest BCUT2D eigenvalue weighted by Crippen LogP contribution is 2.18. The Hall–Kier alpha value is -3.02. The molecule has 0 heterocycles. The van der Waals surface area contributed by atoms with Crippen LogP contribution in [0.3, 0.4) is 0 Å². The van der Waals surface area contributed by atoms with Gasteiger partial charge in [-0.25, -0.2) is 0 Å². The maximum Gasteiger partial charge on any atom is 0.243 e. The monoisotopic (exact) mass is 397 g/mol. The number of hydrogen-bond donors (Lipinski definition) is 3. The van der Waals surface area contributed by atoms with Gasteiger partial charge in [0, 0.05) is 29.5 Å². The summed E-state index contributed by atoms with van der Waals surface area (Å²) in [5.41, 5.74) is 2.14. The minimum absolute atomic E-state index is 0.00577. The molecule has 0 aliphatic heterocycles. The number of carbonyl (C=O) groups is 2. The summed E-state index contributed by atoms with van der Waals surface area (Å²) in [6.45, 7) is 4.95. The van der Waals surface area contributed by atoms with Crippen LogP contribution < -0.4 is 20.7 Å². The second-order valence-electron chi connectivity index (χ2n) is 6.86. The molecule has 2 aromatic carbocycles. The topological polar surface area (TPSA) is 79.5 Å². The molecule has 0 aliphatic carbocycles. The van der Waals surface area contributed by atoms with Crippen LogP contribution in [0.2, 0.25) is 0 Å². The van der Waals surface area contributed by atoms with E-state index in [1.54, 1.807) is 18.2 Å². The van der Waals surface area contributed by atoms with E-state index >= 15 is 0 Å². The van der Waals surface area contributed by atoms with E-state index in [1.165, 1.54) is 0 Å². The van der Waals surface area contributed by atoms with Gasteiger partial charge in [-0.2, -0.15) is 0 Å². The summed E-state index contributed by atoms with van der Waals surface area (Å²) in [5.74, 6) is 0.602. The zero-order chi connectivity index (χ0) is 20.9. The summed E-state index contributed by atoms with van der Waals surface area (Å²) in [7, 11) is 0. The molecule has 29 heavy (non-hydrogen) atoms. The summed E-state index contributed by atoms with van der Waals surface area (Å²) in [6.07, 6.45) is 4.46. The van der Waals surface area contributed by atoms with E-state index in [2.05, 4.69) is 29.8 Å². The molecule has 156 valence electrons. The predicted octanol–water partition coefficient (Wildman–Crippen LogP) is 5.04. The van der Waals surface area contributed by atoms with Crippen molar-refractivity contribution in [2.24, 2.45) is 0 Å². The molecular formula is C23H31N3O3. The molecule has 0 saturated heterocycles. The molecule has 0 unspecified atom stereocenters. The van der Waals surface area contributed by atoms with Crippen molar-refractivity contribution in [1.82, 2.24) is 0 Å². The molecule has 0 fully saturated rings. The van der Waals surface area contributed by atoms with Crippen LogP contribution in [-0.4, -0.2) is 25.0 Å². The SMILES string of the molecule is CCCCCC(=O)Nc1cccc(NC(=O)CNc2cccc(OCCC)c2)c1. The smallest absolute Gasteiger partial charge is 0.243 e. The lowest BCUT2D eigenvalue weighted by Gasteiger charge is -2.11. The zero-order valence-corrected chi connectivity index (χ0v) is 17.3. The van der Waals surface area contributed by atoms with Gasteiger partial charge in [0.2, 0.25) is 11.8 Å². The molecule has 2 aromatic rings. The van der Waals surface area contributed by atoms with Crippen LogP contribution in [0.15, 0.2) is 48.5 Å². The number of hydrogen-bond acceptors (Lipinski definition) is 4. The van der Waals surface area contributed by atoms with Crippen LogP contribution in [0.5, 0.6) is 5.75 Å². The Kier molecular flexibility index (Phi) is 9.55. The molecule has 6 heteroatoms. The lowest BCUT2D eigenvalue weighted by Crippen LogP contribution is -2.21. The Morgan fingerprint density at radius 3 is 2.24 bits per heavy atom. The van der Waals surface area contributed by atoms with Crippen LogP contribution in [-0.2, 0) is 9.59 Å². The minimum atomic E-state index is -0.170. The quantitative estimate of drug-likeness (QED) is 0.438. The standard InChI is InChI=1S/C23H31N3O3/c1-3-5-6-13-22(27)25-19-10-7-11-20(15-19)26-23(28)17-24-18-9-8-12-21(16-18)29-14-4-2/h7-12,15-16,24H,3-6,13-14,17H2,1-2H3,(H,25,27)(H,26,28). The maximum atomic E-state index is 12.3. The summed E-state index contributed by atoms with van der Waals surface area (Å²) < 4.78 is 5.60. The van der Waals surface area contributed by atoms with E-state index in [1.807, 2.05) is 30.3 Å². The van der Waals surface area contributed by atoms with Gasteiger partial charge >= 0.3 is 0 Å². The van der Waals surface area contributed by atoms with Gasteiger partial charge in [-0.1, -0.05) is 38.8 Å². The fraction of sp³-hybridized carbons (Fsp3) is 0.391. The lowest BCUT2D eigenvalue weighted by atomic mass is 10.2. The molecule has 0 aliphatic rings. The normalized spacial score (nSPS) is 10.3. The van der Waals surface area contributed by atoms with Crippen molar-refractivity contribution in [3.63, 3.8) is 0 Å². The molecule has 0 saturated carbocycles. The predicted molar refractivity (Wildman–Crippen MR) is 119 cm³/mol. The van der Waals surface area contributed by atoms with Gasteiger partial charge in [0.05, 0.1) is 13.2 Å². The van der Waals surface area contributed by atoms with E-state index in [4.69, 9.17) is 4.74 Å². The average molecular weight is 398 g/mol. The molecule has 2 rings (SSSR count). The highest BCUT2D eigenvalue weighted by molar-refractivity contribution is 5.95. The van der Waals surface area contributed by atoms with Crippen molar-refractivity contribution in [3.05, 3.63) is 48.5 Å². The molecule has 6 nitrogen and oxygen atoms in total. The number of carbonyl (C=O) groups excluding carboxylic acids is 2. The van der Waals surface area contributed by atoms with E-state index in [-0.39, 0.29) is 18.4 Å². The minimum Gasteiger partial charge on any atom is -0.494 e. The molecule has 0 aromatic heterocycles. The van der Waals surface area contributed by atoms with Crippen LogP contribution in [0, 0.1) is 0 Å². The van der Waals surface area contributed by atoms with E-state index < -0.39 is 0 Å². The molecule has 0 atom stereocenters. The van der Waals surface area contributed by atoms with E-state index in [0.717, 1.165) is 37.1 Å². The Balaban J connectivity index is 1.82. The van der Waals surface area contributed by atoms with Gasteiger partial charge in [0.1, 0.15) is 5.75 Å². The van der Waals surface area contributed by atoms with Crippen LogP contribution >= 0.6 is 0 Å². The van der Waals surface area contributed by atoms with Crippen molar-refractivity contribution >= 4 is 28.9 Å². The fourth-order valence-corrected chi connectivity index (χ4v) is 2.74. The second kappa shape index (κ2) is 12.4. The van der Waals surface area contributed by atoms with Gasteiger partial charge < -0.3 is 20.7 Å². The Bertz CT molecular complexity index is 792. The number of ether oxygens (including phenoxy) is 1. The van der Waals surface area contributed by atoms with Crippen LogP contribution in [0.4, 0.5) is 17.1 Å². The highest BCUT2D eigenvalue weighted by Gasteiger charge is 2.06. The average Bonchev–Trinajstić information content (AvgIpc) is 2.71. The van der Waals surface area contributed by atoms with Gasteiger partial charge in [0.15, 0.2) is 0 Å². The molecule has 0 bridgehead atoms. The summed E-state index contributed by atoms with van der Waals surface area (Å²) in [4.78, 5) is 24.2. The highest BCUT2D eigenvalue weighted by atomic mass is 16.5. The second-order valence-corrected chi connectivity index (χ2v) is 6.86. The first-order chi connectivity index (χ1) is 14.1. The summed E-state index contributed by atoms with van der Waals surface area (Å²) in [6, 6.07) is 14.7. The number of rotatable bonds is 12. The molecule has 0 radical (unpaired) electrons. The first-order valence-corrected chi connectivity index (χ1v) is 10.3. The van der Waals surface area contributed by atoms with E-state index in [0.29, 0.717) is 24.4 Å². The van der Waals surface area contributed by atoms with Crippen molar-refractivity contribution in [3.8, 4) is 5.75 Å². The third kappa shape index (κ3) is 8.68. The maximum absolute atomic E-state index is 12.3. The zero-order valence-electron chi connectivity index (χ0n) is 17.3. The first kappa shape index (κ1) is 22.3. The van der Waals surface area contributed by atoms with Crippen molar-refractivity contribution in [1.29, 1.82) is 0 Å². The molecular weight excluding hydrogens is 366 g/mol. The van der Waals surface area contributed by atoms with Gasteiger partial charge in [-0.05, 0) is 43.2 Å². The molecule has 2 amide bonds. The van der Waals surface area contributed by atoms with Crippen LogP contribution in [0.25, 0.3) is 0 Å². The number of unbranched alkanes of at least 4 members (excludes halogenated alkanes) is 2. The van der Waals surface area contributed by atoms with Crippen molar-refractivity contribution in [2.45, 2.75) is 46.0 Å². The van der Waals surface area contributed by atoms with Crippen molar-refractivity contribution in [2.75, 3.05) is 29.1 Å². The summed E-state index contributed by atoms with van der Waals surface area (Å²) >= 11 is 0. The number of amides is 2. The van der Waals surface area contributed by atoms with Crippen LogP contribution in [0.1, 0.15) is 46.0 Å². The third-order valence-corrected chi connectivity index (χ3v) is 4.20. The number of nitrogens with one attached hydrogen (secondary N) is 3. The lowest BCUT2D eigenvalue weighted by molar-refractivity contribution is -0.116. The van der Waals surface area contributed by atoms with Gasteiger partial charge in [-0.15, -0.1) is 0 Å². The number of benzene rings is 2. The largest absolute Gasteiger partial charge is 0.494 e. The number of anilines is 3. The third-order valence-electron chi connectivity index (χ3n) is 4.20. The molecule has 0 spiro atoms. The molecule has 3 N–H and O–H groups in total. The summed E-state index contributed by atoms with van der Waals surface area (Å²) in [5, 5.41) is 8.81. The van der Waals surface area contributed by atoms with E-state index in [9.17, 15) is 9.59 Å². The Morgan fingerprint density at radius 1 is 0.828 bits per heavy atom.